The third-order valence-corrected chi connectivity index (χ3v) is 3.04. The number of benzene rings is 1. The molecular formula is C11H12O3S2. The minimum Gasteiger partial charge on any atom is -0.481 e. The number of hydrogen-bond donors (Lipinski definition) is 1. The van der Waals surface area contributed by atoms with Crippen molar-refractivity contribution in [1.82, 2.24) is 0 Å². The van der Waals surface area contributed by atoms with Crippen LogP contribution in [0.3, 0.4) is 0 Å². The van der Waals surface area contributed by atoms with Gasteiger partial charge in [-0.05, 0) is 42.5 Å². The zero-order valence-corrected chi connectivity index (χ0v) is 10.4. The lowest BCUT2D eigenvalue weighted by Crippen LogP contribution is -2.03. The van der Waals surface area contributed by atoms with Crippen LogP contribution >= 0.6 is 24.0 Å². The molecule has 0 saturated heterocycles. The Morgan fingerprint density at radius 1 is 1.50 bits per heavy atom. The maximum atomic E-state index is 10.7. The first kappa shape index (κ1) is 13.0. The SMILES string of the molecule is CCOC(=S)Sc1ccccc1CC(=O)O. The van der Waals surface area contributed by atoms with Crippen molar-refractivity contribution in [3.8, 4) is 0 Å². The van der Waals surface area contributed by atoms with Gasteiger partial charge in [0.15, 0.2) is 0 Å². The highest BCUT2D eigenvalue weighted by atomic mass is 32.2. The van der Waals surface area contributed by atoms with Gasteiger partial charge in [0.25, 0.3) is 0 Å². The Hall–Kier alpha value is -1.07. The topological polar surface area (TPSA) is 46.5 Å². The molecule has 0 unspecified atom stereocenters. The lowest BCUT2D eigenvalue weighted by Gasteiger charge is -2.07. The van der Waals surface area contributed by atoms with E-state index in [1.54, 1.807) is 6.07 Å². The summed E-state index contributed by atoms with van der Waals surface area (Å²) in [6.07, 6.45) is -0.00207. The highest BCUT2D eigenvalue weighted by Crippen LogP contribution is 2.25. The minimum atomic E-state index is -0.852. The third kappa shape index (κ3) is 4.20. The Bertz CT molecular complexity index is 391. The molecule has 1 aromatic rings. The van der Waals surface area contributed by atoms with Crippen molar-refractivity contribution in [3.63, 3.8) is 0 Å². The summed E-state index contributed by atoms with van der Waals surface area (Å²) in [6.45, 7) is 2.38. The number of aliphatic carboxylic acids is 1. The van der Waals surface area contributed by atoms with Crippen LogP contribution < -0.4 is 0 Å². The first-order valence-corrected chi connectivity index (χ1v) is 6.00. The molecule has 0 aromatic heterocycles. The molecular weight excluding hydrogens is 244 g/mol. The molecule has 0 atom stereocenters. The lowest BCUT2D eigenvalue weighted by atomic mass is 10.1. The van der Waals surface area contributed by atoms with Crippen LogP contribution in [0, 0.1) is 0 Å². The molecule has 0 fully saturated rings. The Labute approximate surface area is 104 Å². The third-order valence-electron chi connectivity index (χ3n) is 1.77. The van der Waals surface area contributed by atoms with E-state index in [0.29, 0.717) is 11.0 Å². The molecule has 0 saturated carbocycles. The van der Waals surface area contributed by atoms with Gasteiger partial charge in [0, 0.05) is 4.90 Å². The quantitative estimate of drug-likeness (QED) is 0.663. The molecule has 0 amide bonds. The van der Waals surface area contributed by atoms with Crippen LogP contribution in [0.4, 0.5) is 0 Å². The number of thioether (sulfide) groups is 1. The molecule has 5 heteroatoms. The zero-order valence-electron chi connectivity index (χ0n) is 8.80. The van der Waals surface area contributed by atoms with Gasteiger partial charge < -0.3 is 9.84 Å². The predicted molar refractivity (Wildman–Crippen MR) is 67.9 cm³/mol. The predicted octanol–water partition coefficient (Wildman–Crippen LogP) is 2.73. The monoisotopic (exact) mass is 256 g/mol. The van der Waals surface area contributed by atoms with Crippen LogP contribution in [-0.2, 0) is 16.0 Å². The average Bonchev–Trinajstić information content (AvgIpc) is 2.20. The molecule has 3 nitrogen and oxygen atoms in total. The van der Waals surface area contributed by atoms with Crippen LogP contribution in [0.5, 0.6) is 0 Å². The molecule has 0 radical (unpaired) electrons. The molecule has 0 heterocycles. The van der Waals surface area contributed by atoms with Crippen LogP contribution in [0.1, 0.15) is 12.5 Å². The number of carboxylic acid groups (broad SMARTS) is 1. The molecule has 0 aliphatic carbocycles. The summed E-state index contributed by atoms with van der Waals surface area (Å²) in [4.78, 5) is 11.5. The Kier molecular flexibility index (Phi) is 5.28. The van der Waals surface area contributed by atoms with Crippen LogP contribution in [-0.4, -0.2) is 22.1 Å². The first-order chi connectivity index (χ1) is 7.63. The van der Waals surface area contributed by atoms with Gasteiger partial charge in [-0.3, -0.25) is 4.79 Å². The van der Waals surface area contributed by atoms with Crippen LogP contribution in [0.25, 0.3) is 0 Å². The number of carbonyl (C=O) groups is 1. The summed E-state index contributed by atoms with van der Waals surface area (Å²) >= 11 is 6.28. The summed E-state index contributed by atoms with van der Waals surface area (Å²) in [5.74, 6) is -0.852. The van der Waals surface area contributed by atoms with E-state index < -0.39 is 5.97 Å². The molecule has 0 bridgehead atoms. The van der Waals surface area contributed by atoms with Gasteiger partial charge in [0.05, 0.1) is 13.0 Å². The summed E-state index contributed by atoms with van der Waals surface area (Å²) in [7, 11) is 0. The van der Waals surface area contributed by atoms with Crippen LogP contribution in [0.15, 0.2) is 29.2 Å². The van der Waals surface area contributed by atoms with Gasteiger partial charge in [0.2, 0.25) is 4.38 Å². The molecule has 0 aliphatic rings. The fraction of sp³-hybridized carbons (Fsp3) is 0.273. The van der Waals surface area contributed by atoms with Crippen molar-refractivity contribution in [2.24, 2.45) is 0 Å². The molecule has 16 heavy (non-hydrogen) atoms. The van der Waals surface area contributed by atoms with E-state index >= 15 is 0 Å². The van der Waals surface area contributed by atoms with Crippen molar-refractivity contribution >= 4 is 34.3 Å². The highest BCUT2D eigenvalue weighted by Gasteiger charge is 2.09. The normalized spacial score (nSPS) is 9.81. The maximum Gasteiger partial charge on any atom is 0.307 e. The first-order valence-electron chi connectivity index (χ1n) is 4.77. The van der Waals surface area contributed by atoms with E-state index in [1.807, 2.05) is 25.1 Å². The second-order valence-corrected chi connectivity index (χ2v) is 4.61. The Balaban J connectivity index is 2.78. The molecule has 1 rings (SSSR count). The zero-order chi connectivity index (χ0) is 12.0. The second kappa shape index (κ2) is 6.50. The number of ether oxygens (including phenoxy) is 1. The van der Waals surface area contributed by atoms with E-state index in [9.17, 15) is 4.79 Å². The van der Waals surface area contributed by atoms with E-state index in [2.05, 4.69) is 0 Å². The van der Waals surface area contributed by atoms with Gasteiger partial charge in [-0.15, -0.1) is 0 Å². The van der Waals surface area contributed by atoms with E-state index in [-0.39, 0.29) is 6.42 Å². The van der Waals surface area contributed by atoms with Crippen molar-refractivity contribution < 1.29 is 14.6 Å². The summed E-state index contributed by atoms with van der Waals surface area (Å²) in [5, 5.41) is 8.76. The average molecular weight is 256 g/mol. The van der Waals surface area contributed by atoms with Crippen molar-refractivity contribution in [2.75, 3.05) is 6.61 Å². The molecule has 86 valence electrons. The van der Waals surface area contributed by atoms with Gasteiger partial charge in [-0.2, -0.15) is 0 Å². The van der Waals surface area contributed by atoms with E-state index in [1.165, 1.54) is 11.8 Å². The lowest BCUT2D eigenvalue weighted by molar-refractivity contribution is -0.136. The minimum absolute atomic E-state index is 0.00207. The van der Waals surface area contributed by atoms with Gasteiger partial charge in [-0.1, -0.05) is 18.2 Å². The number of thiocarbonyl (C=S) groups is 1. The molecule has 0 spiro atoms. The fourth-order valence-corrected chi connectivity index (χ4v) is 2.31. The van der Waals surface area contributed by atoms with Gasteiger partial charge >= 0.3 is 5.97 Å². The van der Waals surface area contributed by atoms with Crippen molar-refractivity contribution in [3.05, 3.63) is 29.8 Å². The Morgan fingerprint density at radius 3 is 2.81 bits per heavy atom. The van der Waals surface area contributed by atoms with Gasteiger partial charge in [0.1, 0.15) is 0 Å². The largest absolute Gasteiger partial charge is 0.481 e. The molecule has 1 aromatic carbocycles. The van der Waals surface area contributed by atoms with Crippen LogP contribution in [0.2, 0.25) is 0 Å². The highest BCUT2D eigenvalue weighted by molar-refractivity contribution is 8.22. The number of carboxylic acids is 1. The summed E-state index contributed by atoms with van der Waals surface area (Å²) in [6, 6.07) is 7.29. The van der Waals surface area contributed by atoms with Gasteiger partial charge in [-0.25, -0.2) is 0 Å². The number of hydrogen-bond acceptors (Lipinski definition) is 4. The Morgan fingerprint density at radius 2 is 2.19 bits per heavy atom. The second-order valence-electron chi connectivity index (χ2n) is 2.96. The summed E-state index contributed by atoms with van der Waals surface area (Å²) in [5.41, 5.74) is 0.752. The maximum absolute atomic E-state index is 10.7. The van der Waals surface area contributed by atoms with E-state index in [0.717, 1.165) is 10.5 Å². The summed E-state index contributed by atoms with van der Waals surface area (Å²) < 4.78 is 5.57. The smallest absolute Gasteiger partial charge is 0.307 e. The number of rotatable bonds is 4. The standard InChI is InChI=1S/C11H12O3S2/c1-2-14-11(15)16-9-6-4-3-5-8(9)7-10(12)13/h3-6H,2,7H2,1H3,(H,12,13). The molecule has 0 aliphatic heterocycles. The van der Waals surface area contributed by atoms with Crippen molar-refractivity contribution in [1.29, 1.82) is 0 Å². The fourth-order valence-electron chi connectivity index (χ4n) is 1.15. The van der Waals surface area contributed by atoms with Crippen molar-refractivity contribution in [2.45, 2.75) is 18.2 Å². The molecule has 1 N–H and O–H groups in total. The van der Waals surface area contributed by atoms with E-state index in [4.69, 9.17) is 22.1 Å².